The highest BCUT2D eigenvalue weighted by Gasteiger charge is 2.27. The number of nitrogens with one attached hydrogen (secondary N) is 1. The summed E-state index contributed by atoms with van der Waals surface area (Å²) in [5.41, 5.74) is 4.09. The van der Waals surface area contributed by atoms with Crippen LogP contribution in [-0.2, 0) is 6.42 Å². The molecule has 2 heteroatoms. The van der Waals surface area contributed by atoms with E-state index >= 15 is 0 Å². The number of benzene rings is 2. The van der Waals surface area contributed by atoms with Crippen molar-refractivity contribution in [1.29, 1.82) is 0 Å². The van der Waals surface area contributed by atoms with Crippen LogP contribution >= 0.6 is 0 Å². The molecule has 2 aromatic rings. The minimum atomic E-state index is 0.345. The Kier molecular flexibility index (Phi) is 3.75. The molecule has 0 amide bonds. The summed E-state index contributed by atoms with van der Waals surface area (Å²) in [7, 11) is 1.76. The Bertz CT molecular complexity index is 579. The van der Waals surface area contributed by atoms with Crippen LogP contribution in [0.4, 0.5) is 0 Å². The Labute approximate surface area is 120 Å². The molecule has 1 aliphatic rings. The minimum Gasteiger partial charge on any atom is -0.496 e. The summed E-state index contributed by atoms with van der Waals surface area (Å²) in [6, 6.07) is 17.7. The van der Waals surface area contributed by atoms with Gasteiger partial charge in [-0.15, -0.1) is 0 Å². The van der Waals surface area contributed by atoms with Crippen LogP contribution in [0.25, 0.3) is 0 Å². The van der Waals surface area contributed by atoms with Crippen molar-refractivity contribution in [1.82, 2.24) is 5.32 Å². The smallest absolute Gasteiger partial charge is 0.123 e. The lowest BCUT2D eigenvalue weighted by molar-refractivity contribution is 0.394. The first-order valence-corrected chi connectivity index (χ1v) is 7.26. The molecule has 1 N–H and O–H groups in total. The Morgan fingerprint density at radius 1 is 1.10 bits per heavy atom. The predicted molar refractivity (Wildman–Crippen MR) is 82.0 cm³/mol. The van der Waals surface area contributed by atoms with E-state index in [2.05, 4.69) is 60.8 Å². The van der Waals surface area contributed by atoms with E-state index in [1.807, 2.05) is 0 Å². The molecule has 0 saturated heterocycles. The van der Waals surface area contributed by atoms with Gasteiger partial charge < -0.3 is 10.1 Å². The van der Waals surface area contributed by atoms with E-state index < -0.39 is 0 Å². The van der Waals surface area contributed by atoms with Gasteiger partial charge in [0.1, 0.15) is 5.75 Å². The molecule has 0 aliphatic heterocycles. The Morgan fingerprint density at radius 2 is 1.90 bits per heavy atom. The molecule has 0 unspecified atom stereocenters. The van der Waals surface area contributed by atoms with E-state index in [9.17, 15) is 0 Å². The molecule has 0 heterocycles. The third-order valence-electron chi connectivity index (χ3n) is 4.18. The highest BCUT2D eigenvalue weighted by Crippen LogP contribution is 2.38. The second-order valence-electron chi connectivity index (χ2n) is 5.42. The van der Waals surface area contributed by atoms with Gasteiger partial charge in [0.15, 0.2) is 0 Å². The monoisotopic (exact) mass is 267 g/mol. The van der Waals surface area contributed by atoms with Crippen LogP contribution in [0.5, 0.6) is 5.75 Å². The van der Waals surface area contributed by atoms with Gasteiger partial charge in [0.05, 0.1) is 7.11 Å². The molecule has 3 rings (SSSR count). The third-order valence-corrected chi connectivity index (χ3v) is 4.18. The SMILES string of the molecule is COc1cccc2c1[C@H](N[C@H](C)c1ccccc1)CC2. The second kappa shape index (κ2) is 5.68. The van der Waals surface area contributed by atoms with Gasteiger partial charge in [-0.05, 0) is 37.0 Å². The molecular weight excluding hydrogens is 246 g/mol. The van der Waals surface area contributed by atoms with Crippen molar-refractivity contribution in [3.8, 4) is 5.75 Å². The van der Waals surface area contributed by atoms with Crippen LogP contribution in [0, 0.1) is 0 Å². The van der Waals surface area contributed by atoms with Gasteiger partial charge in [0.2, 0.25) is 0 Å². The average molecular weight is 267 g/mol. The van der Waals surface area contributed by atoms with Crippen molar-refractivity contribution in [2.75, 3.05) is 7.11 Å². The number of hydrogen-bond acceptors (Lipinski definition) is 2. The first-order chi connectivity index (χ1) is 9.79. The van der Waals surface area contributed by atoms with Crippen molar-refractivity contribution in [3.63, 3.8) is 0 Å². The third kappa shape index (κ3) is 2.44. The van der Waals surface area contributed by atoms with Crippen LogP contribution in [-0.4, -0.2) is 7.11 Å². The molecule has 0 bridgehead atoms. The molecule has 0 saturated carbocycles. The number of hydrogen-bond donors (Lipinski definition) is 1. The van der Waals surface area contributed by atoms with Crippen molar-refractivity contribution in [2.45, 2.75) is 31.8 Å². The quantitative estimate of drug-likeness (QED) is 0.903. The minimum absolute atomic E-state index is 0.345. The number of ether oxygens (including phenoxy) is 1. The zero-order valence-corrected chi connectivity index (χ0v) is 12.1. The molecule has 1 aliphatic carbocycles. The van der Waals surface area contributed by atoms with Crippen LogP contribution in [0.15, 0.2) is 48.5 Å². The number of rotatable bonds is 4. The Hall–Kier alpha value is -1.80. The lowest BCUT2D eigenvalue weighted by atomic mass is 10.0. The Balaban J connectivity index is 1.82. The van der Waals surface area contributed by atoms with Gasteiger partial charge in [-0.3, -0.25) is 0 Å². The van der Waals surface area contributed by atoms with Gasteiger partial charge in [-0.1, -0.05) is 42.5 Å². The molecule has 2 nitrogen and oxygen atoms in total. The zero-order valence-electron chi connectivity index (χ0n) is 12.1. The van der Waals surface area contributed by atoms with E-state index in [1.165, 1.54) is 16.7 Å². The number of methoxy groups -OCH3 is 1. The molecule has 0 aromatic heterocycles. The van der Waals surface area contributed by atoms with Crippen LogP contribution in [0.2, 0.25) is 0 Å². The molecule has 0 radical (unpaired) electrons. The summed E-state index contributed by atoms with van der Waals surface area (Å²) in [5, 5.41) is 3.75. The molecule has 2 atom stereocenters. The van der Waals surface area contributed by atoms with Crippen molar-refractivity contribution in [3.05, 3.63) is 65.2 Å². The molecule has 0 fully saturated rings. The summed E-state index contributed by atoms with van der Waals surface area (Å²) in [4.78, 5) is 0. The first kappa shape index (κ1) is 13.2. The van der Waals surface area contributed by atoms with E-state index in [-0.39, 0.29) is 0 Å². The topological polar surface area (TPSA) is 21.3 Å². The Morgan fingerprint density at radius 3 is 2.65 bits per heavy atom. The van der Waals surface area contributed by atoms with Gasteiger partial charge in [-0.2, -0.15) is 0 Å². The lowest BCUT2D eigenvalue weighted by Crippen LogP contribution is -2.23. The summed E-state index contributed by atoms with van der Waals surface area (Å²) in [6.07, 6.45) is 2.28. The lowest BCUT2D eigenvalue weighted by Gasteiger charge is -2.22. The summed E-state index contributed by atoms with van der Waals surface area (Å²) in [6.45, 7) is 2.22. The fourth-order valence-electron chi connectivity index (χ4n) is 3.13. The van der Waals surface area contributed by atoms with Gasteiger partial charge in [0.25, 0.3) is 0 Å². The van der Waals surface area contributed by atoms with Crippen molar-refractivity contribution < 1.29 is 4.74 Å². The molecule has 104 valence electrons. The number of fused-ring (bicyclic) bond motifs is 1. The summed E-state index contributed by atoms with van der Waals surface area (Å²) < 4.78 is 5.53. The van der Waals surface area contributed by atoms with Crippen molar-refractivity contribution >= 4 is 0 Å². The highest BCUT2D eigenvalue weighted by molar-refractivity contribution is 5.45. The standard InChI is InChI=1S/C18H21NO/c1-13(14-7-4-3-5-8-14)19-16-12-11-15-9-6-10-17(20-2)18(15)16/h3-10,13,16,19H,11-12H2,1-2H3/t13-,16-/m1/s1. The molecule has 0 spiro atoms. The van der Waals surface area contributed by atoms with E-state index in [4.69, 9.17) is 4.74 Å². The van der Waals surface area contributed by atoms with E-state index in [0.717, 1.165) is 18.6 Å². The maximum Gasteiger partial charge on any atom is 0.123 e. The highest BCUT2D eigenvalue weighted by atomic mass is 16.5. The maximum absolute atomic E-state index is 5.53. The van der Waals surface area contributed by atoms with Crippen molar-refractivity contribution in [2.24, 2.45) is 0 Å². The molecule has 2 aromatic carbocycles. The summed E-state index contributed by atoms with van der Waals surface area (Å²) >= 11 is 0. The van der Waals surface area contributed by atoms with E-state index in [1.54, 1.807) is 7.11 Å². The van der Waals surface area contributed by atoms with E-state index in [0.29, 0.717) is 12.1 Å². The molecule has 20 heavy (non-hydrogen) atoms. The largest absolute Gasteiger partial charge is 0.496 e. The van der Waals surface area contributed by atoms with Crippen LogP contribution in [0.3, 0.4) is 0 Å². The van der Waals surface area contributed by atoms with Crippen LogP contribution < -0.4 is 10.1 Å². The van der Waals surface area contributed by atoms with Gasteiger partial charge in [0, 0.05) is 17.6 Å². The average Bonchev–Trinajstić information content (AvgIpc) is 2.91. The fourth-order valence-corrected chi connectivity index (χ4v) is 3.13. The fraction of sp³-hybridized carbons (Fsp3) is 0.333. The first-order valence-electron chi connectivity index (χ1n) is 7.26. The second-order valence-corrected chi connectivity index (χ2v) is 5.42. The normalized spacial score (nSPS) is 18.6. The van der Waals surface area contributed by atoms with Gasteiger partial charge >= 0.3 is 0 Å². The van der Waals surface area contributed by atoms with Gasteiger partial charge in [-0.25, -0.2) is 0 Å². The maximum atomic E-state index is 5.53. The number of aryl methyl sites for hydroxylation is 1. The molecular formula is C18H21NO. The predicted octanol–water partition coefficient (Wildman–Crippen LogP) is 4.03. The van der Waals surface area contributed by atoms with Crippen LogP contribution in [0.1, 0.15) is 42.1 Å². The zero-order chi connectivity index (χ0) is 13.9. The summed E-state index contributed by atoms with van der Waals surface area (Å²) in [5.74, 6) is 1.01.